The van der Waals surface area contributed by atoms with Gasteiger partial charge in [-0.2, -0.15) is 0 Å². The molecule has 1 aromatic rings. The van der Waals surface area contributed by atoms with E-state index >= 15 is 0 Å². The average molecular weight is 205 g/mol. The molecule has 74 valence electrons. The molecule has 1 nitrogen and oxygen atoms in total. The Kier molecular flexibility index (Phi) is 2.82. The van der Waals surface area contributed by atoms with Crippen molar-refractivity contribution in [2.45, 2.75) is 26.2 Å². The van der Waals surface area contributed by atoms with Gasteiger partial charge in [0.2, 0.25) is 0 Å². The maximum absolute atomic E-state index is 5.29. The van der Waals surface area contributed by atoms with Crippen LogP contribution < -0.4 is 5.32 Å². The largest absolute Gasteiger partial charge is 0.350 e. The lowest BCUT2D eigenvalue weighted by Gasteiger charge is -2.07. The van der Waals surface area contributed by atoms with Crippen molar-refractivity contribution >= 4 is 22.9 Å². The van der Waals surface area contributed by atoms with Crippen LogP contribution in [0.3, 0.4) is 0 Å². The summed E-state index contributed by atoms with van der Waals surface area (Å²) < 4.78 is 0. The molecule has 0 heterocycles. The van der Waals surface area contributed by atoms with Crippen molar-refractivity contribution in [1.82, 2.24) is 0 Å². The Bertz CT molecular complexity index is 342. The Morgan fingerprint density at radius 3 is 2.93 bits per heavy atom. The Hall–Kier alpha value is -0.890. The summed E-state index contributed by atoms with van der Waals surface area (Å²) in [6.07, 6.45) is 3.60. The van der Waals surface area contributed by atoms with Gasteiger partial charge in [-0.1, -0.05) is 31.3 Å². The second-order valence-electron chi connectivity index (χ2n) is 3.82. The first-order valence-electron chi connectivity index (χ1n) is 5.19. The van der Waals surface area contributed by atoms with Crippen LogP contribution in [-0.2, 0) is 6.42 Å². The first kappa shape index (κ1) is 9.66. The number of aryl methyl sites for hydroxylation is 1. The third-order valence-electron chi connectivity index (χ3n) is 2.55. The Labute approximate surface area is 90.5 Å². The SMILES string of the molecule is CCc1cccc(NC(=S)C2CC2)c1. The van der Waals surface area contributed by atoms with E-state index in [0.29, 0.717) is 5.92 Å². The van der Waals surface area contributed by atoms with Gasteiger partial charge in [-0.3, -0.25) is 0 Å². The van der Waals surface area contributed by atoms with Crippen molar-refractivity contribution < 1.29 is 0 Å². The van der Waals surface area contributed by atoms with E-state index in [1.165, 1.54) is 18.4 Å². The van der Waals surface area contributed by atoms with Gasteiger partial charge in [-0.25, -0.2) is 0 Å². The normalized spacial score (nSPS) is 15.2. The lowest BCUT2D eigenvalue weighted by atomic mass is 10.1. The standard InChI is InChI=1S/C12H15NS/c1-2-9-4-3-5-11(8-9)13-12(14)10-6-7-10/h3-5,8,10H,2,6-7H2,1H3,(H,13,14). The summed E-state index contributed by atoms with van der Waals surface area (Å²) >= 11 is 5.29. The van der Waals surface area contributed by atoms with Crippen molar-refractivity contribution in [3.05, 3.63) is 29.8 Å². The zero-order valence-electron chi connectivity index (χ0n) is 8.42. The molecule has 0 spiro atoms. The Morgan fingerprint density at radius 2 is 2.29 bits per heavy atom. The summed E-state index contributed by atoms with van der Waals surface area (Å²) in [6, 6.07) is 8.48. The molecular formula is C12H15NS. The summed E-state index contributed by atoms with van der Waals surface area (Å²) in [5, 5.41) is 3.31. The molecule has 0 atom stereocenters. The van der Waals surface area contributed by atoms with E-state index in [9.17, 15) is 0 Å². The number of anilines is 1. The van der Waals surface area contributed by atoms with Gasteiger partial charge in [0, 0.05) is 11.6 Å². The second kappa shape index (κ2) is 4.09. The van der Waals surface area contributed by atoms with Gasteiger partial charge in [0.15, 0.2) is 0 Å². The molecule has 2 heteroatoms. The van der Waals surface area contributed by atoms with E-state index < -0.39 is 0 Å². The van der Waals surface area contributed by atoms with Crippen LogP contribution >= 0.6 is 12.2 Å². The Morgan fingerprint density at radius 1 is 1.50 bits per heavy atom. The van der Waals surface area contributed by atoms with Crippen molar-refractivity contribution in [3.8, 4) is 0 Å². The molecule has 0 aromatic heterocycles. The minimum Gasteiger partial charge on any atom is -0.350 e. The van der Waals surface area contributed by atoms with Crippen LogP contribution in [0.2, 0.25) is 0 Å². The highest BCUT2D eigenvalue weighted by Gasteiger charge is 2.26. The molecule has 1 aromatic carbocycles. The summed E-state index contributed by atoms with van der Waals surface area (Å²) in [5.41, 5.74) is 2.50. The van der Waals surface area contributed by atoms with Gasteiger partial charge in [0.1, 0.15) is 0 Å². The fourth-order valence-corrected chi connectivity index (χ4v) is 1.81. The number of hydrogen-bond donors (Lipinski definition) is 1. The van der Waals surface area contributed by atoms with Gasteiger partial charge < -0.3 is 5.32 Å². The van der Waals surface area contributed by atoms with Crippen LogP contribution in [-0.4, -0.2) is 4.99 Å². The van der Waals surface area contributed by atoms with E-state index in [1.54, 1.807) is 0 Å². The molecule has 14 heavy (non-hydrogen) atoms. The molecular weight excluding hydrogens is 190 g/mol. The number of nitrogens with one attached hydrogen (secondary N) is 1. The molecule has 1 fully saturated rings. The number of rotatable bonds is 3. The minimum atomic E-state index is 0.648. The fraction of sp³-hybridized carbons (Fsp3) is 0.417. The highest BCUT2D eigenvalue weighted by Crippen LogP contribution is 2.31. The third kappa shape index (κ3) is 2.32. The smallest absolute Gasteiger partial charge is 0.0828 e. The van der Waals surface area contributed by atoms with Crippen LogP contribution in [0, 0.1) is 5.92 Å². The van der Waals surface area contributed by atoms with E-state index in [-0.39, 0.29) is 0 Å². The van der Waals surface area contributed by atoms with Crippen LogP contribution in [0.4, 0.5) is 5.69 Å². The molecule has 1 aliphatic rings. The Balaban J connectivity index is 2.04. The lowest BCUT2D eigenvalue weighted by Crippen LogP contribution is -2.10. The van der Waals surface area contributed by atoms with Gasteiger partial charge in [0.25, 0.3) is 0 Å². The molecule has 0 radical (unpaired) electrons. The zero-order valence-corrected chi connectivity index (χ0v) is 9.23. The highest BCUT2D eigenvalue weighted by molar-refractivity contribution is 7.80. The fourth-order valence-electron chi connectivity index (χ4n) is 1.46. The van der Waals surface area contributed by atoms with E-state index in [4.69, 9.17) is 12.2 Å². The monoisotopic (exact) mass is 205 g/mol. The predicted octanol–water partition coefficient (Wildman–Crippen LogP) is 3.40. The molecule has 2 rings (SSSR count). The van der Waals surface area contributed by atoms with Crippen molar-refractivity contribution in [3.63, 3.8) is 0 Å². The molecule has 0 amide bonds. The maximum atomic E-state index is 5.29. The second-order valence-corrected chi connectivity index (χ2v) is 4.26. The molecule has 0 aliphatic heterocycles. The van der Waals surface area contributed by atoms with Crippen LogP contribution in [0.15, 0.2) is 24.3 Å². The molecule has 0 saturated heterocycles. The molecule has 1 N–H and O–H groups in total. The quantitative estimate of drug-likeness (QED) is 0.759. The summed E-state index contributed by atoms with van der Waals surface area (Å²) in [6.45, 7) is 2.17. The zero-order chi connectivity index (χ0) is 9.97. The van der Waals surface area contributed by atoms with Crippen molar-refractivity contribution in [1.29, 1.82) is 0 Å². The van der Waals surface area contributed by atoms with Crippen LogP contribution in [0.1, 0.15) is 25.3 Å². The topological polar surface area (TPSA) is 12.0 Å². The highest BCUT2D eigenvalue weighted by atomic mass is 32.1. The van der Waals surface area contributed by atoms with Gasteiger partial charge >= 0.3 is 0 Å². The van der Waals surface area contributed by atoms with Crippen LogP contribution in [0.5, 0.6) is 0 Å². The summed E-state index contributed by atoms with van der Waals surface area (Å²) in [7, 11) is 0. The molecule has 1 aliphatic carbocycles. The molecule has 1 saturated carbocycles. The van der Waals surface area contributed by atoms with E-state index in [0.717, 1.165) is 17.1 Å². The molecule has 0 unspecified atom stereocenters. The summed E-state index contributed by atoms with van der Waals surface area (Å²) in [5.74, 6) is 0.648. The summed E-state index contributed by atoms with van der Waals surface area (Å²) in [4.78, 5) is 1.01. The van der Waals surface area contributed by atoms with Crippen molar-refractivity contribution in [2.75, 3.05) is 5.32 Å². The van der Waals surface area contributed by atoms with Gasteiger partial charge in [-0.15, -0.1) is 0 Å². The number of hydrogen-bond acceptors (Lipinski definition) is 1. The van der Waals surface area contributed by atoms with E-state index in [1.807, 2.05) is 0 Å². The first-order valence-corrected chi connectivity index (χ1v) is 5.60. The van der Waals surface area contributed by atoms with Gasteiger partial charge in [-0.05, 0) is 37.0 Å². The minimum absolute atomic E-state index is 0.648. The average Bonchev–Trinajstić information content (AvgIpc) is 3.01. The van der Waals surface area contributed by atoms with Gasteiger partial charge in [0.05, 0.1) is 4.99 Å². The first-order chi connectivity index (χ1) is 6.79. The van der Waals surface area contributed by atoms with Crippen molar-refractivity contribution in [2.24, 2.45) is 5.92 Å². The van der Waals surface area contributed by atoms with Crippen LogP contribution in [0.25, 0.3) is 0 Å². The number of benzene rings is 1. The number of thiocarbonyl (C=S) groups is 1. The maximum Gasteiger partial charge on any atom is 0.0828 e. The van der Waals surface area contributed by atoms with E-state index in [2.05, 4.69) is 36.5 Å². The predicted molar refractivity (Wildman–Crippen MR) is 64.8 cm³/mol. The molecule has 0 bridgehead atoms. The third-order valence-corrected chi connectivity index (χ3v) is 2.99. The lowest BCUT2D eigenvalue weighted by molar-refractivity contribution is 1.14.